The minimum absolute atomic E-state index is 0. The number of rotatable bonds is 2. The summed E-state index contributed by atoms with van der Waals surface area (Å²) in [6.07, 6.45) is 0.191. The zero-order valence-corrected chi connectivity index (χ0v) is 5.11. The topological polar surface area (TPSA) is 78.3 Å². The lowest BCUT2D eigenvalue weighted by molar-refractivity contribution is -0.143. The second kappa shape index (κ2) is 6.68. The predicted octanol–water partition coefficient (Wildman–Crippen LogP) is -0.826. The van der Waals surface area contributed by atoms with Crippen molar-refractivity contribution in [2.24, 2.45) is 11.6 Å². The molecule has 0 radical (unpaired) electrons. The fourth-order valence-corrected chi connectivity index (χ4v) is 0.177. The maximum Gasteiger partial charge on any atom is 0.325 e. The minimum Gasteiger partial charge on any atom is -0.373 e. The van der Waals surface area contributed by atoms with E-state index >= 15 is 0 Å². The smallest absolute Gasteiger partial charge is 0.325 e. The van der Waals surface area contributed by atoms with Gasteiger partial charge < -0.3 is 10.6 Å². The molecule has 0 amide bonds. The molecule has 0 atom stereocenters. The molecule has 0 rings (SSSR count). The molecule has 0 unspecified atom stereocenters. The van der Waals surface area contributed by atoms with E-state index in [-0.39, 0.29) is 25.4 Å². The average molecular weight is 141 g/mol. The zero-order valence-electron chi connectivity index (χ0n) is 4.29. The van der Waals surface area contributed by atoms with Gasteiger partial charge in [0.25, 0.3) is 0 Å². The highest BCUT2D eigenvalue weighted by atomic mass is 35.5. The zero-order chi connectivity index (χ0) is 5.70. The Morgan fingerprint density at radius 3 is 2.25 bits per heavy atom. The van der Waals surface area contributed by atoms with Gasteiger partial charge >= 0.3 is 5.97 Å². The van der Waals surface area contributed by atoms with Gasteiger partial charge in [-0.2, -0.15) is 5.90 Å². The molecule has 0 aliphatic carbocycles. The van der Waals surface area contributed by atoms with Crippen molar-refractivity contribution >= 4 is 18.4 Å². The van der Waals surface area contributed by atoms with Crippen LogP contribution in [-0.2, 0) is 9.63 Å². The molecule has 0 aliphatic rings. The Bertz CT molecular complexity index is 68.3. The van der Waals surface area contributed by atoms with Crippen LogP contribution in [0.4, 0.5) is 0 Å². The van der Waals surface area contributed by atoms with Gasteiger partial charge in [0.2, 0.25) is 0 Å². The van der Waals surface area contributed by atoms with E-state index in [0.717, 1.165) is 0 Å². The Labute approximate surface area is 53.5 Å². The Kier molecular flexibility index (Phi) is 8.87. The van der Waals surface area contributed by atoms with E-state index in [9.17, 15) is 4.79 Å². The molecule has 0 bridgehead atoms. The van der Waals surface area contributed by atoms with Crippen molar-refractivity contribution in [3.63, 3.8) is 0 Å². The third-order valence-electron chi connectivity index (χ3n) is 0.480. The van der Waals surface area contributed by atoms with Gasteiger partial charge in [-0.25, -0.2) is 0 Å². The largest absolute Gasteiger partial charge is 0.373 e. The van der Waals surface area contributed by atoms with Crippen LogP contribution in [0.25, 0.3) is 0 Å². The van der Waals surface area contributed by atoms with E-state index in [2.05, 4.69) is 10.7 Å². The molecule has 8 heavy (non-hydrogen) atoms. The molecule has 0 fully saturated rings. The summed E-state index contributed by atoms with van der Waals surface area (Å²) >= 11 is 0. The maximum atomic E-state index is 9.98. The first-order valence-electron chi connectivity index (χ1n) is 1.91. The summed E-state index contributed by atoms with van der Waals surface area (Å²) in [5.74, 6) is 3.98. The van der Waals surface area contributed by atoms with Gasteiger partial charge in [0, 0.05) is 6.54 Å². The molecule has 4 N–H and O–H groups in total. The monoisotopic (exact) mass is 140 g/mol. The van der Waals surface area contributed by atoms with Gasteiger partial charge in [0.15, 0.2) is 0 Å². The van der Waals surface area contributed by atoms with Crippen LogP contribution in [0.3, 0.4) is 0 Å². The van der Waals surface area contributed by atoms with Gasteiger partial charge in [-0.15, -0.1) is 12.4 Å². The van der Waals surface area contributed by atoms with Gasteiger partial charge in [-0.3, -0.25) is 4.79 Å². The van der Waals surface area contributed by atoms with E-state index < -0.39 is 5.97 Å². The molecule has 0 spiro atoms. The SMILES string of the molecule is Cl.NCCC(=O)ON. The molecule has 4 nitrogen and oxygen atoms in total. The van der Waals surface area contributed by atoms with Gasteiger partial charge in [0.1, 0.15) is 0 Å². The predicted molar refractivity (Wildman–Crippen MR) is 31.2 cm³/mol. The fraction of sp³-hybridized carbons (Fsp3) is 0.667. The second-order valence-electron chi connectivity index (χ2n) is 1.03. The molecule has 0 saturated carbocycles. The van der Waals surface area contributed by atoms with E-state index in [1.807, 2.05) is 0 Å². The van der Waals surface area contributed by atoms with Gasteiger partial charge in [-0.1, -0.05) is 0 Å². The van der Waals surface area contributed by atoms with Crippen molar-refractivity contribution in [2.75, 3.05) is 6.54 Å². The van der Waals surface area contributed by atoms with Gasteiger partial charge in [-0.05, 0) is 0 Å². The van der Waals surface area contributed by atoms with Crippen molar-refractivity contribution in [1.29, 1.82) is 0 Å². The molecular formula is C3H9ClN2O2. The highest BCUT2D eigenvalue weighted by molar-refractivity contribution is 5.85. The summed E-state index contributed by atoms with van der Waals surface area (Å²) in [6, 6.07) is 0. The highest BCUT2D eigenvalue weighted by Crippen LogP contribution is 1.74. The molecule has 0 aromatic rings. The van der Waals surface area contributed by atoms with E-state index in [0.29, 0.717) is 0 Å². The lowest BCUT2D eigenvalue weighted by Crippen LogP contribution is -2.14. The van der Waals surface area contributed by atoms with E-state index in [1.165, 1.54) is 0 Å². The number of nitrogens with two attached hydrogens (primary N) is 2. The molecule has 50 valence electrons. The van der Waals surface area contributed by atoms with E-state index in [4.69, 9.17) is 5.73 Å². The summed E-state index contributed by atoms with van der Waals surface area (Å²) in [5, 5.41) is 0. The Balaban J connectivity index is 0. The van der Waals surface area contributed by atoms with Crippen LogP contribution in [-0.4, -0.2) is 12.5 Å². The van der Waals surface area contributed by atoms with Crippen LogP contribution >= 0.6 is 12.4 Å². The molecule has 0 saturated heterocycles. The highest BCUT2D eigenvalue weighted by Gasteiger charge is 1.94. The number of halogens is 1. The number of carbonyl (C=O) groups excluding carboxylic acids is 1. The first kappa shape index (κ1) is 10.6. The van der Waals surface area contributed by atoms with Crippen molar-refractivity contribution in [2.45, 2.75) is 6.42 Å². The standard InChI is InChI=1S/C3H8N2O2.ClH/c4-2-1-3(6)7-5;/h1-2,4-5H2;1H. The molecule has 5 heteroatoms. The second-order valence-corrected chi connectivity index (χ2v) is 1.03. The lowest BCUT2D eigenvalue weighted by atomic mass is 10.5. The van der Waals surface area contributed by atoms with Crippen LogP contribution in [0.1, 0.15) is 6.42 Å². The first-order valence-corrected chi connectivity index (χ1v) is 1.91. The van der Waals surface area contributed by atoms with Crippen molar-refractivity contribution in [3.05, 3.63) is 0 Å². The quantitative estimate of drug-likeness (QED) is 0.491. The van der Waals surface area contributed by atoms with Crippen LogP contribution in [0.15, 0.2) is 0 Å². The average Bonchev–Trinajstić information content (AvgIpc) is 1.68. The third-order valence-corrected chi connectivity index (χ3v) is 0.480. The van der Waals surface area contributed by atoms with Crippen LogP contribution in [0.5, 0.6) is 0 Å². The van der Waals surface area contributed by atoms with Crippen molar-refractivity contribution < 1.29 is 9.63 Å². The fourth-order valence-electron chi connectivity index (χ4n) is 0.177. The molecule has 0 aromatic carbocycles. The number of carbonyl (C=O) groups is 1. The van der Waals surface area contributed by atoms with Crippen molar-refractivity contribution in [3.8, 4) is 0 Å². The minimum atomic E-state index is -0.470. The summed E-state index contributed by atoms with van der Waals surface area (Å²) < 4.78 is 0. The first-order chi connectivity index (χ1) is 3.31. The molecule has 0 heterocycles. The normalized spacial score (nSPS) is 7.25. The number of hydrogen-bond donors (Lipinski definition) is 2. The molecule has 0 aliphatic heterocycles. The Morgan fingerprint density at radius 1 is 1.62 bits per heavy atom. The van der Waals surface area contributed by atoms with Crippen molar-refractivity contribution in [1.82, 2.24) is 0 Å². The third kappa shape index (κ3) is 5.68. The van der Waals surface area contributed by atoms with E-state index in [1.54, 1.807) is 0 Å². The summed E-state index contributed by atoms with van der Waals surface area (Å²) in [4.78, 5) is 13.8. The number of hydrogen-bond acceptors (Lipinski definition) is 4. The van der Waals surface area contributed by atoms with Crippen LogP contribution in [0, 0.1) is 0 Å². The maximum absolute atomic E-state index is 9.98. The van der Waals surface area contributed by atoms with Crippen LogP contribution < -0.4 is 11.6 Å². The summed E-state index contributed by atoms with van der Waals surface area (Å²) in [5.41, 5.74) is 4.95. The van der Waals surface area contributed by atoms with Gasteiger partial charge in [0.05, 0.1) is 6.42 Å². The van der Waals surface area contributed by atoms with Crippen LogP contribution in [0.2, 0.25) is 0 Å². The summed E-state index contributed by atoms with van der Waals surface area (Å²) in [6.45, 7) is 0.288. The lowest BCUT2D eigenvalue weighted by Gasteiger charge is -1.90. The Hall–Kier alpha value is -0.320. The molecule has 0 aromatic heterocycles. The summed E-state index contributed by atoms with van der Waals surface area (Å²) in [7, 11) is 0. The Morgan fingerprint density at radius 2 is 2.12 bits per heavy atom. The molecular weight excluding hydrogens is 131 g/mol.